The molecule has 0 aliphatic heterocycles. The van der Waals surface area contributed by atoms with Crippen LogP contribution < -0.4 is 0 Å². The minimum Gasteiger partial charge on any atom is -0.368 e. The number of hydrogen-bond donors (Lipinski definition) is 2. The summed E-state index contributed by atoms with van der Waals surface area (Å²) < 4.78 is 0. The van der Waals surface area contributed by atoms with E-state index in [1.165, 1.54) is 51.4 Å². The first-order valence-corrected chi connectivity index (χ1v) is 7.91. The fourth-order valence-corrected chi connectivity index (χ4v) is 2.56. The Morgan fingerprint density at radius 1 is 0.889 bits per heavy atom. The van der Waals surface area contributed by atoms with Gasteiger partial charge in [-0.3, -0.25) is 0 Å². The van der Waals surface area contributed by atoms with Gasteiger partial charge in [0.25, 0.3) is 0 Å². The minimum absolute atomic E-state index is 0.256. The topological polar surface area (TPSA) is 40.5 Å². The summed E-state index contributed by atoms with van der Waals surface area (Å²) in [6.45, 7) is 4.13. The highest BCUT2D eigenvalue weighted by Crippen LogP contribution is 2.27. The van der Waals surface area contributed by atoms with Crippen molar-refractivity contribution in [1.82, 2.24) is 0 Å². The van der Waals surface area contributed by atoms with E-state index in [1.54, 1.807) is 0 Å². The molecule has 2 nitrogen and oxygen atoms in total. The molecule has 0 aromatic rings. The Morgan fingerprint density at radius 3 is 1.78 bits per heavy atom. The van der Waals surface area contributed by atoms with Crippen LogP contribution in [0.2, 0.25) is 0 Å². The van der Waals surface area contributed by atoms with Crippen LogP contribution >= 0.6 is 11.6 Å². The second kappa shape index (κ2) is 11.1. The Kier molecular flexibility index (Phi) is 11.2. The van der Waals surface area contributed by atoms with Crippen molar-refractivity contribution in [2.24, 2.45) is 0 Å². The van der Waals surface area contributed by atoms with Crippen LogP contribution in [0, 0.1) is 0 Å². The lowest BCUT2D eigenvalue weighted by atomic mass is 9.97. The van der Waals surface area contributed by atoms with Crippen LogP contribution in [-0.2, 0) is 0 Å². The molecule has 3 heteroatoms. The Bertz CT molecular complexity index is 181. The molecule has 0 aliphatic carbocycles. The third-order valence-electron chi connectivity index (χ3n) is 3.41. The first-order chi connectivity index (χ1) is 8.48. The normalized spacial score (nSPS) is 15.0. The van der Waals surface area contributed by atoms with E-state index in [0.717, 1.165) is 12.8 Å². The lowest BCUT2D eigenvalue weighted by Crippen LogP contribution is -2.23. The average Bonchev–Trinajstić information content (AvgIpc) is 2.25. The van der Waals surface area contributed by atoms with Crippen molar-refractivity contribution in [1.29, 1.82) is 0 Å². The molecule has 0 rings (SSSR count). The molecule has 0 amide bonds. The van der Waals surface area contributed by atoms with Gasteiger partial charge in [0.1, 0.15) is 0 Å². The van der Waals surface area contributed by atoms with E-state index in [1.807, 2.05) is 6.92 Å². The molecule has 0 aromatic carbocycles. The van der Waals surface area contributed by atoms with Crippen LogP contribution in [0.5, 0.6) is 0 Å². The van der Waals surface area contributed by atoms with Crippen LogP contribution in [0.1, 0.15) is 84.5 Å². The van der Waals surface area contributed by atoms with Crippen molar-refractivity contribution in [3.8, 4) is 0 Å². The summed E-state index contributed by atoms with van der Waals surface area (Å²) in [5.41, 5.74) is 0. The summed E-state index contributed by atoms with van der Waals surface area (Å²) in [6, 6.07) is 0. The molecule has 2 N–H and O–H groups in total. The highest BCUT2D eigenvalue weighted by molar-refractivity contribution is 6.23. The van der Waals surface area contributed by atoms with Gasteiger partial charge in [-0.1, -0.05) is 64.7 Å². The lowest BCUT2D eigenvalue weighted by molar-refractivity contribution is -0.0521. The molecule has 0 aliphatic rings. The van der Waals surface area contributed by atoms with Crippen LogP contribution in [0.25, 0.3) is 0 Å². The van der Waals surface area contributed by atoms with Gasteiger partial charge >= 0.3 is 0 Å². The first-order valence-electron chi connectivity index (χ1n) is 7.53. The smallest absolute Gasteiger partial charge is 0.153 e. The Balaban J connectivity index is 3.29. The van der Waals surface area contributed by atoms with Crippen molar-refractivity contribution in [3.63, 3.8) is 0 Å². The van der Waals surface area contributed by atoms with Crippen molar-refractivity contribution >= 4 is 11.6 Å². The van der Waals surface area contributed by atoms with Crippen molar-refractivity contribution in [2.75, 3.05) is 0 Å². The number of rotatable bonds is 12. The van der Waals surface area contributed by atoms with Gasteiger partial charge < -0.3 is 10.2 Å². The van der Waals surface area contributed by atoms with Gasteiger partial charge in [0.2, 0.25) is 0 Å². The maximum atomic E-state index is 8.90. The van der Waals surface area contributed by atoms with Crippen molar-refractivity contribution in [3.05, 3.63) is 0 Å². The van der Waals surface area contributed by atoms with E-state index in [9.17, 15) is 0 Å². The first kappa shape index (κ1) is 18.2. The third kappa shape index (κ3) is 12.7. The minimum atomic E-state index is -1.29. The molecular weight excluding hydrogens is 248 g/mol. The monoisotopic (exact) mass is 278 g/mol. The molecule has 0 bridgehead atoms. The maximum absolute atomic E-state index is 8.90. The summed E-state index contributed by atoms with van der Waals surface area (Å²) in [5, 5.41) is 17.8. The number of unbranched alkanes of at least 4 members (excludes halogenated alkanes) is 8. The molecule has 18 heavy (non-hydrogen) atoms. The van der Waals surface area contributed by atoms with E-state index in [2.05, 4.69) is 6.92 Å². The van der Waals surface area contributed by atoms with Gasteiger partial charge in [-0.25, -0.2) is 0 Å². The summed E-state index contributed by atoms with van der Waals surface area (Å²) in [7, 11) is 0. The zero-order valence-electron chi connectivity index (χ0n) is 12.1. The standard InChI is InChI=1S/C15H31ClO2/c1-3-4-5-6-7-8-9-10-11-12-15(2,16)13-14(17)18/h14,17-18H,3-13H2,1-2H3. The van der Waals surface area contributed by atoms with Crippen molar-refractivity contribution < 1.29 is 10.2 Å². The van der Waals surface area contributed by atoms with Gasteiger partial charge in [-0.2, -0.15) is 0 Å². The largest absolute Gasteiger partial charge is 0.368 e. The second-order valence-electron chi connectivity index (χ2n) is 5.68. The maximum Gasteiger partial charge on any atom is 0.153 e. The van der Waals surface area contributed by atoms with Crippen LogP contribution in [0.15, 0.2) is 0 Å². The SMILES string of the molecule is CCCCCCCCCCCC(C)(Cl)CC(O)O. The van der Waals surface area contributed by atoms with Crippen LogP contribution in [0.3, 0.4) is 0 Å². The third-order valence-corrected chi connectivity index (χ3v) is 3.75. The Morgan fingerprint density at radius 2 is 1.33 bits per heavy atom. The zero-order chi connectivity index (χ0) is 13.9. The Hall–Kier alpha value is 0.210. The van der Waals surface area contributed by atoms with Gasteiger partial charge in [0.15, 0.2) is 6.29 Å². The number of hydrogen-bond acceptors (Lipinski definition) is 2. The molecule has 0 aromatic heterocycles. The summed E-state index contributed by atoms with van der Waals surface area (Å²) in [5.74, 6) is 0. The molecular formula is C15H31ClO2. The van der Waals surface area contributed by atoms with E-state index in [0.29, 0.717) is 0 Å². The van der Waals surface area contributed by atoms with Crippen LogP contribution in [-0.4, -0.2) is 21.4 Å². The number of alkyl halides is 1. The van der Waals surface area contributed by atoms with E-state index < -0.39 is 11.2 Å². The molecule has 0 saturated heterocycles. The van der Waals surface area contributed by atoms with Gasteiger partial charge in [0.05, 0.1) is 0 Å². The highest BCUT2D eigenvalue weighted by atomic mass is 35.5. The second-order valence-corrected chi connectivity index (χ2v) is 6.59. The number of halogens is 1. The summed E-state index contributed by atoms with van der Waals surface area (Å²) in [4.78, 5) is -0.463. The average molecular weight is 279 g/mol. The van der Waals surface area contributed by atoms with E-state index in [4.69, 9.17) is 21.8 Å². The molecule has 0 heterocycles. The number of aliphatic hydroxyl groups is 2. The van der Waals surface area contributed by atoms with Gasteiger partial charge in [-0.05, 0) is 13.3 Å². The molecule has 0 saturated carbocycles. The fraction of sp³-hybridized carbons (Fsp3) is 1.00. The molecule has 1 atom stereocenters. The van der Waals surface area contributed by atoms with E-state index in [-0.39, 0.29) is 6.42 Å². The predicted octanol–water partition coefficient (Wildman–Crippen LogP) is 4.61. The highest BCUT2D eigenvalue weighted by Gasteiger charge is 2.23. The lowest BCUT2D eigenvalue weighted by Gasteiger charge is -2.22. The fourth-order valence-electron chi connectivity index (χ4n) is 2.29. The van der Waals surface area contributed by atoms with Gasteiger partial charge in [-0.15, -0.1) is 11.6 Å². The molecule has 0 spiro atoms. The van der Waals surface area contributed by atoms with Crippen molar-refractivity contribution in [2.45, 2.75) is 95.6 Å². The Labute approximate surface area is 118 Å². The van der Waals surface area contributed by atoms with E-state index >= 15 is 0 Å². The quantitative estimate of drug-likeness (QED) is 0.311. The van der Waals surface area contributed by atoms with Crippen LogP contribution in [0.4, 0.5) is 0 Å². The molecule has 1 unspecified atom stereocenters. The predicted molar refractivity (Wildman–Crippen MR) is 78.9 cm³/mol. The molecule has 0 radical (unpaired) electrons. The zero-order valence-corrected chi connectivity index (χ0v) is 12.9. The molecule has 110 valence electrons. The summed E-state index contributed by atoms with van der Waals surface area (Å²) in [6.07, 6.45) is 11.5. The summed E-state index contributed by atoms with van der Waals surface area (Å²) >= 11 is 6.21. The molecule has 0 fully saturated rings. The number of aliphatic hydroxyl groups excluding tert-OH is 1. The van der Waals surface area contributed by atoms with Gasteiger partial charge in [0, 0.05) is 11.3 Å².